The van der Waals surface area contributed by atoms with Gasteiger partial charge in [0.2, 0.25) is 5.91 Å². The van der Waals surface area contributed by atoms with E-state index in [9.17, 15) is 13.2 Å². The van der Waals surface area contributed by atoms with E-state index in [1.165, 1.54) is 6.92 Å². The highest BCUT2D eigenvalue weighted by molar-refractivity contribution is 7.92. The lowest BCUT2D eigenvalue weighted by molar-refractivity contribution is -0.134. The predicted octanol–water partition coefficient (Wildman–Crippen LogP) is 1.31. The molecule has 1 aromatic heterocycles. The average Bonchev–Trinajstić information content (AvgIpc) is 2.75. The summed E-state index contributed by atoms with van der Waals surface area (Å²) < 4.78 is 25.3. The summed E-state index contributed by atoms with van der Waals surface area (Å²) in [6, 6.07) is 2.03. The van der Waals surface area contributed by atoms with Crippen LogP contribution < -0.4 is 0 Å². The average molecular weight is 327 g/mol. The molecule has 2 atom stereocenters. The Morgan fingerprint density at radius 1 is 1.41 bits per heavy atom. The van der Waals surface area contributed by atoms with E-state index < -0.39 is 15.1 Å². The summed E-state index contributed by atoms with van der Waals surface area (Å²) in [4.78, 5) is 14.3. The fraction of sp³-hybridized carbons (Fsp3) is 0.733. The van der Waals surface area contributed by atoms with Gasteiger partial charge in [0.05, 0.1) is 18.3 Å². The lowest BCUT2D eigenvalue weighted by Gasteiger charge is -2.37. The first kappa shape index (κ1) is 17.0. The highest BCUT2D eigenvalue weighted by atomic mass is 32.2. The topological polar surface area (TPSA) is 72.3 Å². The number of hydrogen-bond donors (Lipinski definition) is 0. The van der Waals surface area contributed by atoms with Gasteiger partial charge in [-0.3, -0.25) is 9.48 Å². The van der Waals surface area contributed by atoms with Crippen LogP contribution in [0.25, 0.3) is 0 Å². The molecule has 1 fully saturated rings. The van der Waals surface area contributed by atoms with Crippen molar-refractivity contribution in [2.24, 2.45) is 0 Å². The molecular weight excluding hydrogens is 302 g/mol. The van der Waals surface area contributed by atoms with E-state index in [0.29, 0.717) is 13.1 Å². The Balaban J connectivity index is 2.18. The third-order valence-corrected chi connectivity index (χ3v) is 5.87. The van der Waals surface area contributed by atoms with Crippen LogP contribution in [0.2, 0.25) is 0 Å². The van der Waals surface area contributed by atoms with Crippen molar-refractivity contribution in [2.75, 3.05) is 12.8 Å². The Morgan fingerprint density at radius 2 is 2.09 bits per heavy atom. The maximum Gasteiger partial charge on any atom is 0.240 e. The SMILES string of the molecule is Cc1cc(C)n(C[C@@H]2CCCCN2C(=O)[C@@H](C)S(C)(=O)=O)n1. The van der Waals surface area contributed by atoms with Crippen LogP contribution in [-0.4, -0.2) is 53.1 Å². The van der Waals surface area contributed by atoms with Gasteiger partial charge in [-0.1, -0.05) is 0 Å². The summed E-state index contributed by atoms with van der Waals surface area (Å²) in [6.07, 6.45) is 3.99. The van der Waals surface area contributed by atoms with Crippen LogP contribution in [0.1, 0.15) is 37.6 Å². The zero-order valence-electron chi connectivity index (χ0n) is 13.7. The molecule has 2 heterocycles. The molecule has 1 amide bonds. The van der Waals surface area contributed by atoms with Gasteiger partial charge < -0.3 is 4.90 Å². The van der Waals surface area contributed by atoms with Crippen molar-refractivity contribution in [3.8, 4) is 0 Å². The van der Waals surface area contributed by atoms with Gasteiger partial charge in [0.1, 0.15) is 5.25 Å². The molecule has 2 rings (SSSR count). The Hall–Kier alpha value is -1.37. The van der Waals surface area contributed by atoms with Crippen molar-refractivity contribution in [2.45, 2.75) is 57.9 Å². The van der Waals surface area contributed by atoms with E-state index in [4.69, 9.17) is 0 Å². The molecule has 0 spiro atoms. The number of piperidine rings is 1. The first-order valence-electron chi connectivity index (χ1n) is 7.70. The van der Waals surface area contributed by atoms with E-state index in [1.807, 2.05) is 24.6 Å². The Labute approximate surface area is 132 Å². The van der Waals surface area contributed by atoms with Crippen molar-refractivity contribution in [3.05, 3.63) is 17.5 Å². The number of sulfone groups is 1. The minimum atomic E-state index is -3.37. The van der Waals surface area contributed by atoms with E-state index >= 15 is 0 Å². The second-order valence-electron chi connectivity index (χ2n) is 6.26. The summed E-state index contributed by atoms with van der Waals surface area (Å²) in [5, 5.41) is 3.47. The highest BCUT2D eigenvalue weighted by Gasteiger charge is 2.34. The van der Waals surface area contributed by atoms with Crippen molar-refractivity contribution >= 4 is 15.7 Å². The largest absolute Gasteiger partial charge is 0.337 e. The lowest BCUT2D eigenvalue weighted by Crippen LogP contribution is -2.50. The molecule has 0 saturated carbocycles. The predicted molar refractivity (Wildman–Crippen MR) is 85.4 cm³/mol. The molecule has 0 aromatic carbocycles. The number of carbonyl (C=O) groups excluding carboxylic acids is 1. The van der Waals surface area contributed by atoms with Crippen LogP contribution in [0, 0.1) is 13.8 Å². The standard InChI is InChI=1S/C15H25N3O3S/c1-11-9-12(2)18(16-11)10-14-7-5-6-8-17(14)15(19)13(3)22(4,20)21/h9,13-14H,5-8,10H2,1-4H3/t13-,14+/m1/s1. The normalized spacial score (nSPS) is 20.9. The van der Waals surface area contributed by atoms with Gasteiger partial charge in [-0.15, -0.1) is 0 Å². The number of carbonyl (C=O) groups is 1. The van der Waals surface area contributed by atoms with Gasteiger partial charge in [0.15, 0.2) is 9.84 Å². The van der Waals surface area contributed by atoms with Gasteiger partial charge in [-0.2, -0.15) is 5.10 Å². The van der Waals surface area contributed by atoms with Crippen molar-refractivity contribution in [3.63, 3.8) is 0 Å². The van der Waals surface area contributed by atoms with Crippen molar-refractivity contribution < 1.29 is 13.2 Å². The van der Waals surface area contributed by atoms with Crippen molar-refractivity contribution in [1.29, 1.82) is 0 Å². The third kappa shape index (κ3) is 3.69. The summed E-state index contributed by atoms with van der Waals surface area (Å²) in [5.41, 5.74) is 2.02. The van der Waals surface area contributed by atoms with Crippen LogP contribution in [0.15, 0.2) is 6.07 Å². The minimum Gasteiger partial charge on any atom is -0.337 e. The van der Waals surface area contributed by atoms with Crippen LogP contribution >= 0.6 is 0 Å². The van der Waals surface area contributed by atoms with Crippen LogP contribution in [0.3, 0.4) is 0 Å². The number of likely N-dealkylation sites (tertiary alicyclic amines) is 1. The van der Waals surface area contributed by atoms with Crippen molar-refractivity contribution in [1.82, 2.24) is 14.7 Å². The van der Waals surface area contributed by atoms with E-state index in [2.05, 4.69) is 5.10 Å². The van der Waals surface area contributed by atoms with Gasteiger partial charge in [0.25, 0.3) is 0 Å². The fourth-order valence-electron chi connectivity index (χ4n) is 2.96. The smallest absolute Gasteiger partial charge is 0.240 e. The highest BCUT2D eigenvalue weighted by Crippen LogP contribution is 2.21. The van der Waals surface area contributed by atoms with E-state index in [0.717, 1.165) is 36.9 Å². The molecule has 22 heavy (non-hydrogen) atoms. The zero-order valence-corrected chi connectivity index (χ0v) is 14.6. The van der Waals surface area contributed by atoms with Crippen LogP contribution in [0.4, 0.5) is 0 Å². The number of aryl methyl sites for hydroxylation is 2. The molecule has 0 radical (unpaired) electrons. The molecule has 124 valence electrons. The van der Waals surface area contributed by atoms with E-state index in [1.54, 1.807) is 4.90 Å². The summed E-state index contributed by atoms with van der Waals surface area (Å²) in [7, 11) is -3.37. The Morgan fingerprint density at radius 3 is 2.64 bits per heavy atom. The molecule has 6 nitrogen and oxygen atoms in total. The zero-order chi connectivity index (χ0) is 16.5. The number of rotatable bonds is 4. The van der Waals surface area contributed by atoms with E-state index in [-0.39, 0.29) is 11.9 Å². The van der Waals surface area contributed by atoms with Gasteiger partial charge >= 0.3 is 0 Å². The van der Waals surface area contributed by atoms with Crippen LogP contribution in [-0.2, 0) is 21.2 Å². The molecule has 1 saturated heterocycles. The third-order valence-electron chi connectivity index (χ3n) is 4.39. The molecule has 7 heteroatoms. The molecule has 1 aliphatic heterocycles. The second-order valence-corrected chi connectivity index (χ2v) is 8.63. The lowest BCUT2D eigenvalue weighted by atomic mass is 10.0. The molecule has 0 N–H and O–H groups in total. The number of amides is 1. The monoisotopic (exact) mass is 327 g/mol. The molecule has 0 unspecified atom stereocenters. The summed E-state index contributed by atoms with van der Waals surface area (Å²) in [6.45, 7) is 6.67. The van der Waals surface area contributed by atoms with Crippen LogP contribution in [0.5, 0.6) is 0 Å². The number of aromatic nitrogens is 2. The molecule has 0 bridgehead atoms. The Kier molecular flexibility index (Phi) is 4.94. The molecular formula is C15H25N3O3S. The maximum atomic E-state index is 12.6. The fourth-order valence-corrected chi connectivity index (χ4v) is 3.46. The Bertz CT molecular complexity index is 651. The molecule has 1 aliphatic rings. The molecule has 0 aliphatic carbocycles. The quantitative estimate of drug-likeness (QED) is 0.836. The minimum absolute atomic E-state index is 0.0171. The van der Waals surface area contributed by atoms with Gasteiger partial charge in [-0.05, 0) is 46.1 Å². The second kappa shape index (κ2) is 6.40. The first-order chi connectivity index (χ1) is 10.2. The summed E-state index contributed by atoms with van der Waals surface area (Å²) >= 11 is 0. The molecule has 1 aromatic rings. The summed E-state index contributed by atoms with van der Waals surface area (Å²) in [5.74, 6) is -0.284. The number of hydrogen-bond acceptors (Lipinski definition) is 4. The van der Waals surface area contributed by atoms with Gasteiger partial charge in [-0.25, -0.2) is 8.42 Å². The first-order valence-corrected chi connectivity index (χ1v) is 9.66. The number of nitrogens with zero attached hydrogens (tertiary/aromatic N) is 3. The van der Waals surface area contributed by atoms with Gasteiger partial charge in [0, 0.05) is 18.5 Å². The maximum absolute atomic E-state index is 12.6.